The van der Waals surface area contributed by atoms with Gasteiger partial charge in [-0.1, -0.05) is 6.92 Å². The summed E-state index contributed by atoms with van der Waals surface area (Å²) in [6.45, 7) is 5.05. The molecule has 0 aliphatic carbocycles. The van der Waals surface area contributed by atoms with Gasteiger partial charge in [0.25, 0.3) is 5.91 Å². The van der Waals surface area contributed by atoms with Crippen molar-refractivity contribution in [2.75, 3.05) is 24.6 Å². The summed E-state index contributed by atoms with van der Waals surface area (Å²) in [4.78, 5) is 24.0. The average molecular weight is 370 g/mol. The van der Waals surface area contributed by atoms with Gasteiger partial charge in [-0.25, -0.2) is 9.97 Å². The number of amides is 1. The Bertz CT molecular complexity index is 826. The van der Waals surface area contributed by atoms with Gasteiger partial charge in [0.15, 0.2) is 0 Å². The minimum absolute atomic E-state index is 0.0480. The van der Waals surface area contributed by atoms with Crippen molar-refractivity contribution in [1.29, 1.82) is 0 Å². The van der Waals surface area contributed by atoms with Gasteiger partial charge in [-0.3, -0.25) is 9.48 Å². The zero-order chi connectivity index (χ0) is 18.8. The van der Waals surface area contributed by atoms with E-state index < -0.39 is 0 Å². The maximum absolute atomic E-state index is 12.6. The standard InChI is InChI=1S/C19H26N6O2/c1-3-14-10-17(24(2)23-14)18(26)21-15-4-7-25(8-5-15)19-20-11-13-12-27-9-6-16(13)22-19/h10-11,15H,3-9,12H2,1-2H3,(H,21,26). The topological polar surface area (TPSA) is 85.2 Å². The Morgan fingerprint density at radius 2 is 2.19 bits per heavy atom. The number of anilines is 1. The number of carbonyl (C=O) groups excluding carboxylic acids is 1. The van der Waals surface area contributed by atoms with E-state index in [9.17, 15) is 4.79 Å². The summed E-state index contributed by atoms with van der Waals surface area (Å²) in [5, 5.41) is 7.50. The Balaban J connectivity index is 1.35. The molecule has 8 heteroatoms. The van der Waals surface area contributed by atoms with Crippen molar-refractivity contribution in [1.82, 2.24) is 25.1 Å². The van der Waals surface area contributed by atoms with E-state index in [1.807, 2.05) is 26.2 Å². The first-order chi connectivity index (χ1) is 13.1. The summed E-state index contributed by atoms with van der Waals surface area (Å²) in [5.41, 5.74) is 3.75. The quantitative estimate of drug-likeness (QED) is 0.872. The summed E-state index contributed by atoms with van der Waals surface area (Å²) in [5.74, 6) is 0.743. The molecule has 4 heterocycles. The van der Waals surface area contributed by atoms with Crippen molar-refractivity contribution in [3.05, 3.63) is 34.9 Å². The molecule has 0 atom stereocenters. The molecule has 1 saturated heterocycles. The van der Waals surface area contributed by atoms with Gasteiger partial charge in [0.2, 0.25) is 5.95 Å². The molecule has 0 radical (unpaired) electrons. The Kier molecular flexibility index (Phi) is 5.07. The zero-order valence-corrected chi connectivity index (χ0v) is 15.9. The molecule has 144 valence electrons. The smallest absolute Gasteiger partial charge is 0.269 e. The highest BCUT2D eigenvalue weighted by molar-refractivity contribution is 5.92. The SMILES string of the molecule is CCc1cc(C(=O)NC2CCN(c3ncc4c(n3)CCOC4)CC2)n(C)n1. The molecule has 0 spiro atoms. The lowest BCUT2D eigenvalue weighted by Crippen LogP contribution is -2.45. The Hall–Kier alpha value is -2.48. The third-order valence-electron chi connectivity index (χ3n) is 5.32. The lowest BCUT2D eigenvalue weighted by Gasteiger charge is -2.32. The number of nitrogens with zero attached hydrogens (tertiary/aromatic N) is 5. The number of aromatic nitrogens is 4. The van der Waals surface area contributed by atoms with E-state index in [1.165, 1.54) is 0 Å². The molecule has 2 aromatic rings. The molecular weight excluding hydrogens is 344 g/mol. The number of rotatable bonds is 4. The monoisotopic (exact) mass is 370 g/mol. The number of nitrogens with one attached hydrogen (secondary N) is 1. The van der Waals surface area contributed by atoms with E-state index in [4.69, 9.17) is 9.72 Å². The molecule has 0 aromatic carbocycles. The van der Waals surface area contributed by atoms with E-state index in [0.29, 0.717) is 12.3 Å². The van der Waals surface area contributed by atoms with Crippen LogP contribution in [-0.4, -0.2) is 51.4 Å². The van der Waals surface area contributed by atoms with Crippen LogP contribution in [0, 0.1) is 0 Å². The fourth-order valence-electron chi connectivity index (χ4n) is 3.67. The second kappa shape index (κ2) is 7.64. The summed E-state index contributed by atoms with van der Waals surface area (Å²) >= 11 is 0. The second-order valence-corrected chi connectivity index (χ2v) is 7.18. The molecule has 27 heavy (non-hydrogen) atoms. The highest BCUT2D eigenvalue weighted by Gasteiger charge is 2.24. The van der Waals surface area contributed by atoms with E-state index >= 15 is 0 Å². The summed E-state index contributed by atoms with van der Waals surface area (Å²) in [6, 6.07) is 2.04. The minimum Gasteiger partial charge on any atom is -0.376 e. The molecule has 2 aliphatic heterocycles. The van der Waals surface area contributed by atoms with Gasteiger partial charge in [-0.2, -0.15) is 5.10 Å². The molecule has 1 fully saturated rings. The van der Waals surface area contributed by atoms with Crippen molar-refractivity contribution in [2.24, 2.45) is 7.05 Å². The van der Waals surface area contributed by atoms with Crippen LogP contribution < -0.4 is 10.2 Å². The van der Waals surface area contributed by atoms with E-state index in [-0.39, 0.29) is 11.9 Å². The van der Waals surface area contributed by atoms with Crippen LogP contribution in [0.1, 0.15) is 47.2 Å². The van der Waals surface area contributed by atoms with Crippen LogP contribution in [0.5, 0.6) is 0 Å². The van der Waals surface area contributed by atoms with Crippen molar-refractivity contribution in [3.63, 3.8) is 0 Å². The molecule has 0 unspecified atom stereocenters. The van der Waals surface area contributed by atoms with Crippen LogP contribution in [0.15, 0.2) is 12.3 Å². The van der Waals surface area contributed by atoms with Crippen molar-refractivity contribution < 1.29 is 9.53 Å². The first-order valence-corrected chi connectivity index (χ1v) is 9.65. The molecule has 1 N–H and O–H groups in total. The fourth-order valence-corrected chi connectivity index (χ4v) is 3.67. The molecule has 2 aliphatic rings. The van der Waals surface area contributed by atoms with Crippen molar-refractivity contribution in [3.8, 4) is 0 Å². The molecule has 0 bridgehead atoms. The maximum atomic E-state index is 12.6. The predicted molar refractivity (Wildman–Crippen MR) is 101 cm³/mol. The number of piperidine rings is 1. The van der Waals surface area contributed by atoms with E-state index in [1.54, 1.807) is 4.68 Å². The molecule has 2 aromatic heterocycles. The molecule has 0 saturated carbocycles. The Morgan fingerprint density at radius 3 is 2.93 bits per heavy atom. The van der Waals surface area contributed by atoms with Crippen LogP contribution in [-0.2, 0) is 31.2 Å². The number of carbonyl (C=O) groups is 1. The van der Waals surface area contributed by atoms with Crippen LogP contribution in [0.2, 0.25) is 0 Å². The van der Waals surface area contributed by atoms with Crippen LogP contribution in [0.25, 0.3) is 0 Å². The number of hydrogen-bond acceptors (Lipinski definition) is 6. The average Bonchev–Trinajstić information content (AvgIpc) is 3.09. The van der Waals surface area contributed by atoms with E-state index in [0.717, 1.165) is 68.3 Å². The summed E-state index contributed by atoms with van der Waals surface area (Å²) < 4.78 is 7.11. The number of hydrogen-bond donors (Lipinski definition) is 1. The molecule has 1 amide bonds. The third-order valence-corrected chi connectivity index (χ3v) is 5.32. The number of aryl methyl sites for hydroxylation is 2. The van der Waals surface area contributed by atoms with Gasteiger partial charge in [-0.15, -0.1) is 0 Å². The molecular formula is C19H26N6O2. The lowest BCUT2D eigenvalue weighted by molar-refractivity contribution is 0.0921. The molecule has 4 rings (SSSR count). The first kappa shape index (κ1) is 17.9. The van der Waals surface area contributed by atoms with Crippen molar-refractivity contribution >= 4 is 11.9 Å². The Labute approximate surface area is 158 Å². The highest BCUT2D eigenvalue weighted by Crippen LogP contribution is 2.20. The van der Waals surface area contributed by atoms with Crippen LogP contribution in [0.4, 0.5) is 5.95 Å². The van der Waals surface area contributed by atoms with Gasteiger partial charge in [0.05, 0.1) is 24.6 Å². The van der Waals surface area contributed by atoms with Gasteiger partial charge < -0.3 is 15.0 Å². The predicted octanol–water partition coefficient (Wildman–Crippen LogP) is 1.24. The number of ether oxygens (including phenoxy) is 1. The van der Waals surface area contributed by atoms with Gasteiger partial charge in [0.1, 0.15) is 5.69 Å². The lowest BCUT2D eigenvalue weighted by atomic mass is 10.0. The van der Waals surface area contributed by atoms with Gasteiger partial charge in [-0.05, 0) is 25.3 Å². The maximum Gasteiger partial charge on any atom is 0.269 e. The van der Waals surface area contributed by atoms with Gasteiger partial charge in [0, 0.05) is 44.4 Å². The minimum atomic E-state index is -0.0480. The third kappa shape index (κ3) is 3.80. The largest absolute Gasteiger partial charge is 0.376 e. The number of fused-ring (bicyclic) bond motifs is 1. The van der Waals surface area contributed by atoms with Gasteiger partial charge >= 0.3 is 0 Å². The zero-order valence-electron chi connectivity index (χ0n) is 15.9. The molecule has 8 nitrogen and oxygen atoms in total. The van der Waals surface area contributed by atoms with Crippen LogP contribution in [0.3, 0.4) is 0 Å². The second-order valence-electron chi connectivity index (χ2n) is 7.18. The van der Waals surface area contributed by atoms with E-state index in [2.05, 4.69) is 20.3 Å². The van der Waals surface area contributed by atoms with Crippen molar-refractivity contribution in [2.45, 2.75) is 45.3 Å². The highest BCUT2D eigenvalue weighted by atomic mass is 16.5. The first-order valence-electron chi connectivity index (χ1n) is 9.65. The normalized spacial score (nSPS) is 17.6. The Morgan fingerprint density at radius 1 is 1.37 bits per heavy atom. The summed E-state index contributed by atoms with van der Waals surface area (Å²) in [7, 11) is 1.81. The summed E-state index contributed by atoms with van der Waals surface area (Å²) in [6.07, 6.45) is 5.33. The van der Waals surface area contributed by atoms with Crippen LogP contribution >= 0.6 is 0 Å². The fraction of sp³-hybridized carbons (Fsp3) is 0.579.